The summed E-state index contributed by atoms with van der Waals surface area (Å²) in [5, 5.41) is 3.01. The normalized spacial score (nSPS) is 10.7. The van der Waals surface area contributed by atoms with Gasteiger partial charge < -0.3 is 9.88 Å². The van der Waals surface area contributed by atoms with E-state index < -0.39 is 0 Å². The van der Waals surface area contributed by atoms with Gasteiger partial charge >= 0.3 is 0 Å². The van der Waals surface area contributed by atoms with Gasteiger partial charge in [-0.1, -0.05) is 18.2 Å². The summed E-state index contributed by atoms with van der Waals surface area (Å²) >= 11 is 0. The number of rotatable bonds is 3. The van der Waals surface area contributed by atoms with E-state index in [1.54, 1.807) is 4.57 Å². The van der Waals surface area contributed by atoms with E-state index in [4.69, 9.17) is 0 Å². The molecule has 1 N–H and O–H groups in total. The molecule has 0 bridgehead atoms. The number of aryl methyl sites for hydroxylation is 2. The summed E-state index contributed by atoms with van der Waals surface area (Å²) in [4.78, 5) is 12.2. The van der Waals surface area contributed by atoms with Crippen LogP contribution in [0.25, 0.3) is 11.3 Å². The van der Waals surface area contributed by atoms with E-state index in [-0.39, 0.29) is 5.56 Å². The lowest BCUT2D eigenvalue weighted by Crippen LogP contribution is -2.25. The minimum absolute atomic E-state index is 0.0603. The van der Waals surface area contributed by atoms with Crippen molar-refractivity contribution in [2.75, 3.05) is 7.05 Å². The first-order valence-corrected chi connectivity index (χ1v) is 6.45. The molecule has 0 radical (unpaired) electrons. The van der Waals surface area contributed by atoms with Crippen molar-refractivity contribution in [3.63, 3.8) is 0 Å². The van der Waals surface area contributed by atoms with Gasteiger partial charge in [-0.2, -0.15) is 0 Å². The Balaban J connectivity index is 2.54. The second-order valence-corrected chi connectivity index (χ2v) is 4.94. The fourth-order valence-corrected chi connectivity index (χ4v) is 2.20. The second-order valence-electron chi connectivity index (χ2n) is 4.94. The maximum Gasteiger partial charge on any atom is 0.255 e. The van der Waals surface area contributed by atoms with E-state index in [9.17, 15) is 4.79 Å². The lowest BCUT2D eigenvalue weighted by atomic mass is 10.0. The molecule has 3 nitrogen and oxygen atoms in total. The molecular weight excluding hydrogens is 236 g/mol. The van der Waals surface area contributed by atoms with Gasteiger partial charge in [-0.15, -0.1) is 0 Å². The van der Waals surface area contributed by atoms with Crippen LogP contribution >= 0.6 is 0 Å². The van der Waals surface area contributed by atoms with Gasteiger partial charge in [0.25, 0.3) is 5.56 Å². The van der Waals surface area contributed by atoms with E-state index in [0.29, 0.717) is 6.54 Å². The van der Waals surface area contributed by atoms with Gasteiger partial charge in [-0.25, -0.2) is 0 Å². The average molecular weight is 256 g/mol. The molecule has 0 aliphatic rings. The van der Waals surface area contributed by atoms with Gasteiger partial charge in [-0.3, -0.25) is 4.79 Å². The second kappa shape index (κ2) is 5.41. The largest absolute Gasteiger partial charge is 0.315 e. The molecule has 2 aromatic rings. The predicted molar refractivity (Wildman–Crippen MR) is 79.4 cm³/mol. The maximum atomic E-state index is 12.2. The predicted octanol–water partition coefficient (Wildman–Crippen LogP) is 2.39. The van der Waals surface area contributed by atoms with Crippen LogP contribution in [0.1, 0.15) is 16.7 Å². The first kappa shape index (κ1) is 13.6. The van der Waals surface area contributed by atoms with Crippen LogP contribution in [0.4, 0.5) is 0 Å². The Hall–Kier alpha value is -1.87. The molecule has 0 saturated carbocycles. The molecule has 0 unspecified atom stereocenters. The molecule has 0 fully saturated rings. The average Bonchev–Trinajstić information content (AvgIpc) is 2.39. The molecular formula is C16H20N2O. The van der Waals surface area contributed by atoms with Crippen LogP contribution in [0.15, 0.2) is 35.1 Å². The first-order valence-electron chi connectivity index (χ1n) is 6.45. The summed E-state index contributed by atoms with van der Waals surface area (Å²) in [7, 11) is 3.67. The standard InChI is InChI=1S/C16H20N2O/c1-11-5-6-13(9-12(11)2)15-8-7-14(10-17-3)16(19)18(15)4/h5-9,17H,10H2,1-4H3. The minimum Gasteiger partial charge on any atom is -0.315 e. The fraction of sp³-hybridized carbons (Fsp3) is 0.312. The lowest BCUT2D eigenvalue weighted by Gasteiger charge is -2.12. The van der Waals surface area contributed by atoms with E-state index >= 15 is 0 Å². The highest BCUT2D eigenvalue weighted by Gasteiger charge is 2.07. The number of nitrogens with zero attached hydrogens (tertiary/aromatic N) is 1. The summed E-state index contributed by atoms with van der Waals surface area (Å²) in [5.74, 6) is 0. The Morgan fingerprint density at radius 2 is 1.84 bits per heavy atom. The molecule has 19 heavy (non-hydrogen) atoms. The summed E-state index contributed by atoms with van der Waals surface area (Å²) in [5.41, 5.74) is 5.39. The van der Waals surface area contributed by atoms with Crippen LogP contribution in [0.2, 0.25) is 0 Å². The van der Waals surface area contributed by atoms with Crippen molar-refractivity contribution in [3.05, 3.63) is 57.4 Å². The SMILES string of the molecule is CNCc1ccc(-c2ccc(C)c(C)c2)n(C)c1=O. The van der Waals surface area contributed by atoms with Crippen molar-refractivity contribution in [2.24, 2.45) is 7.05 Å². The molecule has 1 aromatic heterocycles. The van der Waals surface area contributed by atoms with Crippen LogP contribution < -0.4 is 10.9 Å². The number of pyridine rings is 1. The molecule has 0 aliphatic heterocycles. The lowest BCUT2D eigenvalue weighted by molar-refractivity contribution is 0.772. The minimum atomic E-state index is 0.0603. The Labute approximate surface area is 113 Å². The van der Waals surface area contributed by atoms with Gasteiger partial charge in [0.2, 0.25) is 0 Å². The highest BCUT2D eigenvalue weighted by Crippen LogP contribution is 2.20. The molecule has 100 valence electrons. The Morgan fingerprint density at radius 1 is 1.11 bits per heavy atom. The maximum absolute atomic E-state index is 12.2. The monoisotopic (exact) mass is 256 g/mol. The zero-order chi connectivity index (χ0) is 14.0. The van der Waals surface area contributed by atoms with Gasteiger partial charge in [0.15, 0.2) is 0 Å². The summed E-state index contributed by atoms with van der Waals surface area (Å²) in [6, 6.07) is 10.2. The van der Waals surface area contributed by atoms with Crippen molar-refractivity contribution in [1.82, 2.24) is 9.88 Å². The van der Waals surface area contributed by atoms with Crippen LogP contribution in [0, 0.1) is 13.8 Å². The molecule has 0 spiro atoms. The first-order chi connectivity index (χ1) is 9.04. The third-order valence-electron chi connectivity index (χ3n) is 3.55. The number of hydrogen-bond donors (Lipinski definition) is 1. The van der Waals surface area contributed by atoms with Crippen molar-refractivity contribution in [1.29, 1.82) is 0 Å². The van der Waals surface area contributed by atoms with E-state index in [2.05, 4.69) is 37.4 Å². The zero-order valence-corrected chi connectivity index (χ0v) is 11.9. The summed E-state index contributed by atoms with van der Waals surface area (Å²) in [6.07, 6.45) is 0. The smallest absolute Gasteiger partial charge is 0.255 e. The summed E-state index contributed by atoms with van der Waals surface area (Å²) < 4.78 is 1.72. The molecule has 0 aliphatic carbocycles. The molecule has 1 heterocycles. The van der Waals surface area contributed by atoms with Crippen molar-refractivity contribution >= 4 is 0 Å². The van der Waals surface area contributed by atoms with Crippen LogP contribution in [0.3, 0.4) is 0 Å². The molecule has 0 saturated heterocycles. The number of nitrogens with one attached hydrogen (secondary N) is 1. The van der Waals surface area contributed by atoms with Gasteiger partial charge in [0.1, 0.15) is 0 Å². The molecule has 0 atom stereocenters. The van der Waals surface area contributed by atoms with Gasteiger partial charge in [0, 0.05) is 19.2 Å². The highest BCUT2D eigenvalue weighted by molar-refractivity contribution is 5.61. The molecule has 1 aromatic carbocycles. The fourth-order valence-electron chi connectivity index (χ4n) is 2.20. The van der Waals surface area contributed by atoms with Gasteiger partial charge in [-0.05, 0) is 49.7 Å². The van der Waals surface area contributed by atoms with Crippen LogP contribution in [-0.4, -0.2) is 11.6 Å². The van der Waals surface area contributed by atoms with Gasteiger partial charge in [0.05, 0.1) is 5.69 Å². The van der Waals surface area contributed by atoms with Crippen molar-refractivity contribution in [3.8, 4) is 11.3 Å². The van der Waals surface area contributed by atoms with E-state index in [1.165, 1.54) is 11.1 Å². The number of aromatic nitrogens is 1. The zero-order valence-electron chi connectivity index (χ0n) is 11.9. The van der Waals surface area contributed by atoms with Crippen LogP contribution in [0.5, 0.6) is 0 Å². The number of benzene rings is 1. The van der Waals surface area contributed by atoms with E-state index in [1.807, 2.05) is 26.2 Å². The summed E-state index contributed by atoms with van der Waals surface area (Å²) in [6.45, 7) is 4.78. The number of hydrogen-bond acceptors (Lipinski definition) is 2. The third kappa shape index (κ3) is 2.61. The molecule has 0 amide bonds. The molecule has 3 heteroatoms. The quantitative estimate of drug-likeness (QED) is 0.915. The molecule has 2 rings (SSSR count). The van der Waals surface area contributed by atoms with Crippen molar-refractivity contribution < 1.29 is 0 Å². The van der Waals surface area contributed by atoms with E-state index in [0.717, 1.165) is 16.8 Å². The van der Waals surface area contributed by atoms with Crippen LogP contribution in [-0.2, 0) is 13.6 Å². The topological polar surface area (TPSA) is 34.0 Å². The Bertz CT molecular complexity index is 656. The third-order valence-corrected chi connectivity index (χ3v) is 3.55. The van der Waals surface area contributed by atoms with Crippen molar-refractivity contribution in [2.45, 2.75) is 20.4 Å². The highest BCUT2D eigenvalue weighted by atomic mass is 16.1. The Morgan fingerprint density at radius 3 is 2.47 bits per heavy atom. The Kier molecular flexibility index (Phi) is 3.86.